The summed E-state index contributed by atoms with van der Waals surface area (Å²) in [7, 11) is 1.45. The number of thioether (sulfide) groups is 1. The molecule has 0 N–H and O–H groups in total. The molecule has 25 heavy (non-hydrogen) atoms. The van der Waals surface area contributed by atoms with Gasteiger partial charge >= 0.3 is 5.63 Å². The molecule has 0 aliphatic rings. The van der Waals surface area contributed by atoms with Gasteiger partial charge < -0.3 is 9.15 Å². The topological polar surface area (TPSA) is 39.4 Å². The Bertz CT molecular complexity index is 949. The second-order valence-corrected chi connectivity index (χ2v) is 6.72. The molecule has 0 aliphatic carbocycles. The van der Waals surface area contributed by atoms with Crippen LogP contribution in [0.2, 0.25) is 0 Å². The van der Waals surface area contributed by atoms with Gasteiger partial charge in [-0.1, -0.05) is 25.1 Å². The fourth-order valence-electron chi connectivity index (χ4n) is 2.69. The molecule has 1 aromatic heterocycles. The Morgan fingerprint density at radius 2 is 1.88 bits per heavy atom. The summed E-state index contributed by atoms with van der Waals surface area (Å²) in [6.45, 7) is 2.06. The summed E-state index contributed by atoms with van der Waals surface area (Å²) in [5, 5.41) is 0.949. The van der Waals surface area contributed by atoms with Crippen molar-refractivity contribution in [2.45, 2.75) is 24.9 Å². The number of halogens is 1. The van der Waals surface area contributed by atoms with Crippen LogP contribution in [0, 0.1) is 5.82 Å². The Morgan fingerprint density at radius 3 is 2.60 bits per heavy atom. The van der Waals surface area contributed by atoms with Crippen LogP contribution in [0.3, 0.4) is 0 Å². The number of methoxy groups -OCH3 is 1. The average Bonchev–Trinajstić information content (AvgIpc) is 2.61. The van der Waals surface area contributed by atoms with Gasteiger partial charge in [0, 0.05) is 23.0 Å². The minimum Gasteiger partial charge on any atom is -0.494 e. The van der Waals surface area contributed by atoms with Gasteiger partial charge in [0.2, 0.25) is 0 Å². The lowest BCUT2D eigenvalue weighted by atomic mass is 10.1. The summed E-state index contributed by atoms with van der Waals surface area (Å²) in [4.78, 5) is 11.8. The minimum absolute atomic E-state index is 0.243. The molecule has 0 saturated heterocycles. The first kappa shape index (κ1) is 17.5. The molecule has 0 aliphatic heterocycles. The molecule has 3 aromatic rings. The first-order chi connectivity index (χ1) is 12.1. The molecule has 0 fully saturated rings. The Hall–Kier alpha value is -2.27. The summed E-state index contributed by atoms with van der Waals surface area (Å²) < 4.78 is 24.0. The van der Waals surface area contributed by atoms with Crippen LogP contribution in [0.1, 0.15) is 23.6 Å². The smallest absolute Gasteiger partial charge is 0.336 e. The number of benzene rings is 2. The zero-order valence-electron chi connectivity index (χ0n) is 14.2. The predicted molar refractivity (Wildman–Crippen MR) is 99.8 cm³/mol. The molecule has 2 aromatic carbocycles. The van der Waals surface area contributed by atoms with Gasteiger partial charge in [-0.05, 0) is 41.3 Å². The number of fused-ring (bicyclic) bond motifs is 1. The van der Waals surface area contributed by atoms with Crippen molar-refractivity contribution in [1.29, 1.82) is 0 Å². The molecule has 0 unspecified atom stereocenters. The van der Waals surface area contributed by atoms with Crippen LogP contribution in [0.15, 0.2) is 51.7 Å². The van der Waals surface area contributed by atoms with E-state index < -0.39 is 0 Å². The van der Waals surface area contributed by atoms with Crippen molar-refractivity contribution in [3.8, 4) is 5.75 Å². The van der Waals surface area contributed by atoms with Crippen molar-refractivity contribution in [2.75, 3.05) is 7.11 Å². The third kappa shape index (κ3) is 4.04. The molecule has 3 nitrogen and oxygen atoms in total. The summed E-state index contributed by atoms with van der Waals surface area (Å²) in [6.07, 6.45) is 0.891. The maximum absolute atomic E-state index is 13.7. The Morgan fingerprint density at radius 1 is 1.08 bits per heavy atom. The van der Waals surface area contributed by atoms with Gasteiger partial charge in [0.25, 0.3) is 0 Å². The maximum atomic E-state index is 13.7. The van der Waals surface area contributed by atoms with Crippen molar-refractivity contribution in [1.82, 2.24) is 0 Å². The first-order valence-corrected chi connectivity index (χ1v) is 9.22. The largest absolute Gasteiger partial charge is 0.494 e. The molecule has 1 heterocycles. The van der Waals surface area contributed by atoms with Gasteiger partial charge in [-0.15, -0.1) is 0 Å². The van der Waals surface area contributed by atoms with Crippen molar-refractivity contribution >= 4 is 22.7 Å². The van der Waals surface area contributed by atoms with Crippen LogP contribution >= 0.6 is 11.8 Å². The lowest BCUT2D eigenvalue weighted by Gasteiger charge is -2.08. The summed E-state index contributed by atoms with van der Waals surface area (Å²) in [5.74, 6) is 1.18. The highest BCUT2D eigenvalue weighted by atomic mass is 32.2. The van der Waals surface area contributed by atoms with E-state index in [9.17, 15) is 9.18 Å². The minimum atomic E-state index is -0.362. The molecule has 5 heteroatoms. The van der Waals surface area contributed by atoms with Gasteiger partial charge in [-0.25, -0.2) is 9.18 Å². The van der Waals surface area contributed by atoms with Crippen LogP contribution in [0.25, 0.3) is 11.0 Å². The van der Waals surface area contributed by atoms with E-state index in [0.717, 1.165) is 28.5 Å². The zero-order valence-corrected chi connectivity index (χ0v) is 15.0. The molecular formula is C20H19FO3S. The van der Waals surface area contributed by atoms with E-state index in [-0.39, 0.29) is 17.2 Å². The lowest BCUT2D eigenvalue weighted by molar-refractivity contribution is 0.386. The average molecular weight is 358 g/mol. The molecule has 3 rings (SSSR count). The lowest BCUT2D eigenvalue weighted by Crippen LogP contribution is -2.00. The molecule has 0 spiro atoms. The fourth-order valence-corrected chi connectivity index (χ4v) is 3.67. The highest BCUT2D eigenvalue weighted by molar-refractivity contribution is 7.97. The van der Waals surface area contributed by atoms with E-state index in [2.05, 4.69) is 13.0 Å². The van der Waals surface area contributed by atoms with Crippen LogP contribution in [-0.2, 0) is 17.9 Å². The Balaban J connectivity index is 1.77. The van der Waals surface area contributed by atoms with Gasteiger partial charge in [0.1, 0.15) is 5.58 Å². The van der Waals surface area contributed by atoms with E-state index in [1.165, 1.54) is 19.2 Å². The zero-order chi connectivity index (χ0) is 17.8. The fraction of sp³-hybridized carbons (Fsp3) is 0.250. The van der Waals surface area contributed by atoms with Crippen LogP contribution in [0.5, 0.6) is 5.75 Å². The molecule has 0 bridgehead atoms. The SMILES string of the molecule is CCc1ccc2c(CSCc3ccc(OC)c(F)c3)cc(=O)oc2c1. The van der Waals surface area contributed by atoms with E-state index in [4.69, 9.17) is 9.15 Å². The summed E-state index contributed by atoms with van der Waals surface area (Å²) in [5.41, 5.74) is 3.23. The molecule has 0 atom stereocenters. The Kier molecular flexibility index (Phi) is 5.43. The van der Waals surface area contributed by atoms with Crippen molar-refractivity contribution < 1.29 is 13.5 Å². The van der Waals surface area contributed by atoms with Gasteiger partial charge in [-0.2, -0.15) is 11.8 Å². The maximum Gasteiger partial charge on any atom is 0.336 e. The number of ether oxygens (including phenoxy) is 1. The van der Waals surface area contributed by atoms with Crippen molar-refractivity contribution in [2.24, 2.45) is 0 Å². The standard InChI is InChI=1S/C20H19FO3S/c1-3-13-4-6-16-15(10-20(22)24-19(16)9-13)12-25-11-14-5-7-18(23-2)17(21)8-14/h4-10H,3,11-12H2,1-2H3. The second kappa shape index (κ2) is 7.74. The van der Waals surface area contributed by atoms with Gasteiger partial charge in [0.15, 0.2) is 11.6 Å². The quantitative estimate of drug-likeness (QED) is 0.585. The highest BCUT2D eigenvalue weighted by Crippen LogP contribution is 2.26. The number of aryl methyl sites for hydroxylation is 1. The number of hydrogen-bond donors (Lipinski definition) is 0. The van der Waals surface area contributed by atoms with Crippen molar-refractivity contribution in [3.63, 3.8) is 0 Å². The van der Waals surface area contributed by atoms with E-state index >= 15 is 0 Å². The summed E-state index contributed by atoms with van der Waals surface area (Å²) >= 11 is 1.63. The van der Waals surface area contributed by atoms with E-state index in [1.54, 1.807) is 17.8 Å². The van der Waals surface area contributed by atoms with E-state index in [0.29, 0.717) is 17.1 Å². The molecule has 0 amide bonds. The third-order valence-corrected chi connectivity index (χ3v) is 5.10. The van der Waals surface area contributed by atoms with E-state index in [1.807, 2.05) is 18.2 Å². The number of hydrogen-bond acceptors (Lipinski definition) is 4. The van der Waals surface area contributed by atoms with Gasteiger partial charge in [-0.3, -0.25) is 0 Å². The molecule has 0 radical (unpaired) electrons. The summed E-state index contributed by atoms with van der Waals surface area (Å²) in [6, 6.07) is 12.5. The predicted octanol–water partition coefficient (Wildman–Crippen LogP) is 4.94. The monoisotopic (exact) mass is 358 g/mol. The number of rotatable bonds is 6. The highest BCUT2D eigenvalue weighted by Gasteiger charge is 2.08. The normalized spacial score (nSPS) is 11.0. The van der Waals surface area contributed by atoms with Gasteiger partial charge in [0.05, 0.1) is 7.11 Å². The van der Waals surface area contributed by atoms with Crippen LogP contribution in [-0.4, -0.2) is 7.11 Å². The van der Waals surface area contributed by atoms with Crippen LogP contribution < -0.4 is 10.4 Å². The van der Waals surface area contributed by atoms with Crippen molar-refractivity contribution in [3.05, 3.63) is 75.4 Å². The Labute approximate surface area is 149 Å². The van der Waals surface area contributed by atoms with Crippen LogP contribution in [0.4, 0.5) is 4.39 Å². The second-order valence-electron chi connectivity index (χ2n) is 5.74. The third-order valence-electron chi connectivity index (χ3n) is 4.05. The molecule has 0 saturated carbocycles. The first-order valence-electron chi connectivity index (χ1n) is 8.06. The molecule has 130 valence electrons. The molecular weight excluding hydrogens is 339 g/mol.